The summed E-state index contributed by atoms with van der Waals surface area (Å²) in [7, 11) is 0. The van der Waals surface area contributed by atoms with Crippen LogP contribution in [-0.2, 0) is 0 Å². The third kappa shape index (κ3) is 3.00. The number of aromatic hydroxyl groups is 1. The Morgan fingerprint density at radius 3 is 2.86 bits per heavy atom. The molecule has 0 saturated heterocycles. The minimum Gasteiger partial charge on any atom is -0.502 e. The predicted molar refractivity (Wildman–Crippen MR) is 78.5 cm³/mol. The summed E-state index contributed by atoms with van der Waals surface area (Å²) < 4.78 is 4.98. The van der Waals surface area contributed by atoms with E-state index in [0.717, 1.165) is 36.4 Å². The summed E-state index contributed by atoms with van der Waals surface area (Å²) in [5, 5.41) is 12.0. The lowest BCUT2D eigenvalue weighted by Crippen LogP contribution is -2.31. The van der Waals surface area contributed by atoms with Gasteiger partial charge in [-0.3, -0.25) is 14.6 Å². The quantitative estimate of drug-likeness (QED) is 0.900. The summed E-state index contributed by atoms with van der Waals surface area (Å²) in [6, 6.07) is 4.62. The molecule has 0 spiro atoms. The van der Waals surface area contributed by atoms with Crippen LogP contribution in [0.1, 0.15) is 40.7 Å². The van der Waals surface area contributed by atoms with Gasteiger partial charge >= 0.3 is 0 Å². The van der Waals surface area contributed by atoms with Crippen molar-refractivity contribution >= 4 is 5.91 Å². The van der Waals surface area contributed by atoms with Crippen LogP contribution in [0.15, 0.2) is 39.9 Å². The molecule has 2 aromatic rings. The average Bonchev–Trinajstić information content (AvgIpc) is 3.32. The highest BCUT2D eigenvalue weighted by molar-refractivity contribution is 5.91. The van der Waals surface area contributed by atoms with Crippen LogP contribution >= 0.6 is 0 Å². The second kappa shape index (κ2) is 5.63. The highest BCUT2D eigenvalue weighted by atomic mass is 16.4. The summed E-state index contributed by atoms with van der Waals surface area (Å²) >= 11 is 0. The minimum absolute atomic E-state index is 0.124. The van der Waals surface area contributed by atoms with Gasteiger partial charge < -0.3 is 14.8 Å². The van der Waals surface area contributed by atoms with E-state index in [4.69, 9.17) is 9.52 Å². The van der Waals surface area contributed by atoms with Crippen molar-refractivity contribution in [2.45, 2.75) is 25.8 Å². The van der Waals surface area contributed by atoms with Crippen LogP contribution in [0.2, 0.25) is 0 Å². The third-order valence-electron chi connectivity index (χ3n) is 3.67. The number of carbonyl (C=O) groups is 1. The summed E-state index contributed by atoms with van der Waals surface area (Å²) in [6.45, 7) is 1.97. The maximum absolute atomic E-state index is 12.3. The number of carbonyl (C=O) groups excluding carboxylic acids is 1. The fourth-order valence-corrected chi connectivity index (χ4v) is 2.33. The minimum atomic E-state index is -0.645. The SMILES string of the molecule is Cc1ccnc(C(NC(=O)c2cc(=O)c(O)co2)C2CC2)c1. The normalized spacial score (nSPS) is 15.3. The maximum Gasteiger partial charge on any atom is 0.287 e. The number of nitrogens with zero attached hydrogens (tertiary/aromatic N) is 1. The lowest BCUT2D eigenvalue weighted by atomic mass is 10.1. The summed E-state index contributed by atoms with van der Waals surface area (Å²) in [6.07, 6.45) is 4.64. The molecule has 22 heavy (non-hydrogen) atoms. The van der Waals surface area contributed by atoms with Crippen LogP contribution in [0.4, 0.5) is 0 Å². The summed E-state index contributed by atoms with van der Waals surface area (Å²) in [4.78, 5) is 28.0. The second-order valence-electron chi connectivity index (χ2n) is 5.54. The number of hydrogen-bond acceptors (Lipinski definition) is 5. The Morgan fingerprint density at radius 2 is 2.23 bits per heavy atom. The maximum atomic E-state index is 12.3. The predicted octanol–water partition coefficient (Wildman–Crippen LogP) is 1.93. The molecule has 1 aliphatic rings. The first-order chi connectivity index (χ1) is 10.5. The Balaban J connectivity index is 1.83. The molecule has 114 valence electrons. The van der Waals surface area contributed by atoms with Gasteiger partial charge in [-0.15, -0.1) is 0 Å². The highest BCUT2D eigenvalue weighted by Gasteiger charge is 2.35. The van der Waals surface area contributed by atoms with Gasteiger partial charge in [0.05, 0.1) is 11.7 Å². The van der Waals surface area contributed by atoms with Gasteiger partial charge in [-0.1, -0.05) is 0 Å². The molecule has 0 aliphatic heterocycles. The van der Waals surface area contributed by atoms with Gasteiger partial charge in [0.25, 0.3) is 5.91 Å². The summed E-state index contributed by atoms with van der Waals surface area (Å²) in [5.74, 6) is -0.781. The molecule has 0 radical (unpaired) electrons. The van der Waals surface area contributed by atoms with E-state index in [-0.39, 0.29) is 11.8 Å². The number of amides is 1. The number of nitrogens with one attached hydrogen (secondary N) is 1. The van der Waals surface area contributed by atoms with E-state index in [1.165, 1.54) is 0 Å². The van der Waals surface area contributed by atoms with Crippen molar-refractivity contribution in [3.63, 3.8) is 0 Å². The monoisotopic (exact) mass is 300 g/mol. The van der Waals surface area contributed by atoms with Crippen LogP contribution in [0, 0.1) is 12.8 Å². The van der Waals surface area contributed by atoms with Crippen LogP contribution in [0.5, 0.6) is 5.75 Å². The van der Waals surface area contributed by atoms with Gasteiger partial charge in [-0.2, -0.15) is 0 Å². The molecular formula is C16H16N2O4. The summed E-state index contributed by atoms with van der Waals surface area (Å²) in [5.41, 5.74) is 1.23. The third-order valence-corrected chi connectivity index (χ3v) is 3.67. The molecule has 1 aliphatic carbocycles. The molecule has 6 nitrogen and oxygen atoms in total. The van der Waals surface area contributed by atoms with Gasteiger partial charge in [0.15, 0.2) is 11.5 Å². The first-order valence-corrected chi connectivity index (χ1v) is 7.10. The van der Waals surface area contributed by atoms with Crippen LogP contribution < -0.4 is 10.7 Å². The van der Waals surface area contributed by atoms with Crippen molar-refractivity contribution in [3.05, 3.63) is 57.9 Å². The largest absolute Gasteiger partial charge is 0.502 e. The van der Waals surface area contributed by atoms with Crippen molar-refractivity contribution in [3.8, 4) is 5.75 Å². The number of aryl methyl sites for hydroxylation is 1. The Morgan fingerprint density at radius 1 is 1.45 bits per heavy atom. The van der Waals surface area contributed by atoms with Crippen LogP contribution in [0.3, 0.4) is 0 Å². The van der Waals surface area contributed by atoms with E-state index >= 15 is 0 Å². The number of rotatable bonds is 4. The Labute approximate surface area is 126 Å². The number of hydrogen-bond donors (Lipinski definition) is 2. The number of pyridine rings is 1. The Hall–Kier alpha value is -2.63. The van der Waals surface area contributed by atoms with E-state index in [9.17, 15) is 9.59 Å². The molecule has 2 heterocycles. The van der Waals surface area contributed by atoms with Crippen LogP contribution in [0.25, 0.3) is 0 Å². The highest BCUT2D eigenvalue weighted by Crippen LogP contribution is 2.40. The van der Waals surface area contributed by atoms with Gasteiger partial charge in [-0.05, 0) is 43.4 Å². The Kier molecular flexibility index (Phi) is 3.66. The lowest BCUT2D eigenvalue weighted by molar-refractivity contribution is 0.0899. The van der Waals surface area contributed by atoms with Gasteiger partial charge in [0.2, 0.25) is 5.43 Å². The van der Waals surface area contributed by atoms with E-state index < -0.39 is 17.1 Å². The fourth-order valence-electron chi connectivity index (χ4n) is 2.33. The zero-order valence-electron chi connectivity index (χ0n) is 12.1. The van der Waals surface area contributed by atoms with Crippen molar-refractivity contribution in [1.82, 2.24) is 10.3 Å². The Bertz CT molecular complexity index is 765. The molecule has 1 saturated carbocycles. The molecule has 1 atom stereocenters. The molecule has 3 rings (SSSR count). The van der Waals surface area contributed by atoms with E-state index in [1.54, 1.807) is 6.20 Å². The molecule has 2 N–H and O–H groups in total. The molecular weight excluding hydrogens is 284 g/mol. The first kappa shape index (κ1) is 14.3. The van der Waals surface area contributed by atoms with E-state index in [2.05, 4.69) is 10.3 Å². The zero-order chi connectivity index (χ0) is 15.7. The van der Waals surface area contributed by atoms with Gasteiger partial charge in [0, 0.05) is 12.3 Å². The smallest absolute Gasteiger partial charge is 0.287 e. The average molecular weight is 300 g/mol. The second-order valence-corrected chi connectivity index (χ2v) is 5.54. The van der Waals surface area contributed by atoms with Gasteiger partial charge in [-0.25, -0.2) is 0 Å². The van der Waals surface area contributed by atoms with Crippen molar-refractivity contribution < 1.29 is 14.3 Å². The zero-order valence-corrected chi connectivity index (χ0v) is 12.1. The molecule has 6 heteroatoms. The lowest BCUT2D eigenvalue weighted by Gasteiger charge is -2.17. The molecule has 0 aromatic carbocycles. The molecule has 1 unspecified atom stereocenters. The standard InChI is InChI=1S/C16H16N2O4/c1-9-4-5-17-11(6-9)15(10-2-3-10)18-16(21)14-7-12(19)13(20)8-22-14/h4-8,10,15,20H,2-3H2,1H3,(H,18,21). The van der Waals surface area contributed by atoms with E-state index in [0.29, 0.717) is 5.92 Å². The van der Waals surface area contributed by atoms with Crippen molar-refractivity contribution in [1.29, 1.82) is 0 Å². The molecule has 2 aromatic heterocycles. The first-order valence-electron chi connectivity index (χ1n) is 7.10. The topological polar surface area (TPSA) is 92.4 Å². The fraction of sp³-hybridized carbons (Fsp3) is 0.312. The molecule has 0 bridgehead atoms. The van der Waals surface area contributed by atoms with Crippen molar-refractivity contribution in [2.24, 2.45) is 5.92 Å². The van der Waals surface area contributed by atoms with E-state index in [1.807, 2.05) is 19.1 Å². The molecule has 1 amide bonds. The van der Waals surface area contributed by atoms with Crippen molar-refractivity contribution in [2.75, 3.05) is 0 Å². The molecule has 1 fully saturated rings. The number of aromatic nitrogens is 1. The van der Waals surface area contributed by atoms with Crippen LogP contribution in [-0.4, -0.2) is 16.0 Å². The van der Waals surface area contributed by atoms with Gasteiger partial charge in [0.1, 0.15) is 6.26 Å².